The molecule has 5 nitrogen and oxygen atoms in total. The molecule has 0 radical (unpaired) electrons. The van der Waals surface area contributed by atoms with Gasteiger partial charge >= 0.3 is 5.97 Å². The molecule has 1 saturated heterocycles. The van der Waals surface area contributed by atoms with Crippen LogP contribution >= 0.6 is 11.8 Å². The normalized spacial score (nSPS) is 17.8. The zero-order valence-electron chi connectivity index (χ0n) is 14.2. The minimum atomic E-state index is -0.855. The number of hydrogen-bond donors (Lipinski definition) is 1. The van der Waals surface area contributed by atoms with Crippen molar-refractivity contribution in [2.75, 3.05) is 24.7 Å². The minimum Gasteiger partial charge on any atom is -0.493 e. The van der Waals surface area contributed by atoms with Crippen molar-refractivity contribution < 1.29 is 19.4 Å². The van der Waals surface area contributed by atoms with E-state index >= 15 is 0 Å². The summed E-state index contributed by atoms with van der Waals surface area (Å²) in [6.45, 7) is 5.48. The summed E-state index contributed by atoms with van der Waals surface area (Å²) >= 11 is 1.71. The van der Waals surface area contributed by atoms with Gasteiger partial charge in [-0.2, -0.15) is 11.8 Å². The van der Waals surface area contributed by atoms with Gasteiger partial charge in [0.25, 0.3) is 0 Å². The Morgan fingerprint density at radius 1 is 1.33 bits per heavy atom. The molecule has 1 aromatic carbocycles. The predicted octanol–water partition coefficient (Wildman–Crippen LogP) is 2.68. The summed E-state index contributed by atoms with van der Waals surface area (Å²) in [6, 6.07) is 7.36. The lowest BCUT2D eigenvalue weighted by Gasteiger charge is -2.34. The van der Waals surface area contributed by atoms with Crippen molar-refractivity contribution in [2.24, 2.45) is 5.92 Å². The van der Waals surface area contributed by atoms with E-state index in [1.54, 1.807) is 16.7 Å². The van der Waals surface area contributed by atoms with Gasteiger partial charge in [0.15, 0.2) is 0 Å². The van der Waals surface area contributed by atoms with Gasteiger partial charge in [-0.1, -0.05) is 26.0 Å². The van der Waals surface area contributed by atoms with Crippen molar-refractivity contribution in [3.05, 3.63) is 29.8 Å². The number of nitrogens with zero attached hydrogens (tertiary/aromatic N) is 1. The Hall–Kier alpha value is -1.69. The van der Waals surface area contributed by atoms with Crippen LogP contribution in [-0.4, -0.2) is 52.6 Å². The zero-order chi connectivity index (χ0) is 17.5. The largest absolute Gasteiger partial charge is 0.493 e. The van der Waals surface area contributed by atoms with E-state index < -0.39 is 5.97 Å². The Kier molecular flexibility index (Phi) is 6.97. The molecule has 0 aromatic heterocycles. The first kappa shape index (κ1) is 18.6. The monoisotopic (exact) mass is 351 g/mol. The molecular weight excluding hydrogens is 326 g/mol. The number of benzene rings is 1. The average Bonchev–Trinajstić information content (AvgIpc) is 2.54. The first-order chi connectivity index (χ1) is 11.5. The lowest BCUT2D eigenvalue weighted by atomic mass is 10.1. The summed E-state index contributed by atoms with van der Waals surface area (Å²) in [6.07, 6.45) is 0.311. The van der Waals surface area contributed by atoms with Crippen LogP contribution < -0.4 is 4.74 Å². The fraction of sp³-hybridized carbons (Fsp3) is 0.556. The Morgan fingerprint density at radius 2 is 2.04 bits per heavy atom. The molecule has 1 atom stereocenters. The topological polar surface area (TPSA) is 66.8 Å². The van der Waals surface area contributed by atoms with Gasteiger partial charge < -0.3 is 14.7 Å². The summed E-state index contributed by atoms with van der Waals surface area (Å²) in [4.78, 5) is 25.3. The minimum absolute atomic E-state index is 0.00241. The molecule has 6 heteroatoms. The van der Waals surface area contributed by atoms with Gasteiger partial charge in [0.2, 0.25) is 5.91 Å². The number of aliphatic carboxylic acids is 1. The molecule has 1 fully saturated rings. The molecule has 0 spiro atoms. The molecule has 1 amide bonds. The van der Waals surface area contributed by atoms with Crippen LogP contribution in [0, 0.1) is 5.92 Å². The highest BCUT2D eigenvalue weighted by Crippen LogP contribution is 2.21. The molecular formula is C18H25NO4S. The van der Waals surface area contributed by atoms with Gasteiger partial charge in [0.05, 0.1) is 25.5 Å². The van der Waals surface area contributed by atoms with Crippen molar-refractivity contribution >= 4 is 23.6 Å². The third kappa shape index (κ3) is 5.74. The second kappa shape index (κ2) is 8.97. The number of amides is 1. The van der Waals surface area contributed by atoms with E-state index in [4.69, 9.17) is 9.84 Å². The maximum Gasteiger partial charge on any atom is 0.305 e. The molecule has 0 aliphatic carbocycles. The fourth-order valence-electron chi connectivity index (χ4n) is 2.60. The van der Waals surface area contributed by atoms with Crippen LogP contribution in [-0.2, 0) is 16.0 Å². The van der Waals surface area contributed by atoms with E-state index in [9.17, 15) is 9.59 Å². The number of rotatable bonds is 7. The number of carboxylic acids is 1. The van der Waals surface area contributed by atoms with E-state index in [0.29, 0.717) is 31.2 Å². The van der Waals surface area contributed by atoms with Gasteiger partial charge in [-0.3, -0.25) is 9.59 Å². The molecule has 1 N–H and O–H groups in total. The van der Waals surface area contributed by atoms with Crippen LogP contribution in [0.1, 0.15) is 25.8 Å². The van der Waals surface area contributed by atoms with Crippen LogP contribution in [0.25, 0.3) is 0 Å². The number of thioether (sulfide) groups is 1. The first-order valence-corrected chi connectivity index (χ1v) is 9.42. The number of carboxylic acid groups (broad SMARTS) is 1. The Morgan fingerprint density at radius 3 is 2.67 bits per heavy atom. The molecule has 1 aliphatic heterocycles. The van der Waals surface area contributed by atoms with Crippen LogP contribution in [0.4, 0.5) is 0 Å². The summed E-state index contributed by atoms with van der Waals surface area (Å²) in [5, 5.41) is 9.01. The van der Waals surface area contributed by atoms with Crippen LogP contribution in [0.15, 0.2) is 24.3 Å². The standard InChI is InChI=1S/C18H25NO4S/c1-13(2)11-23-16-5-3-14(4-6-16)9-17(20)19-7-8-24-12-15(19)10-18(21)22/h3-6,13,15H,7-12H2,1-2H3,(H,21,22). The number of carbonyl (C=O) groups excluding carboxylic acids is 1. The van der Waals surface area contributed by atoms with Gasteiger partial charge in [0, 0.05) is 18.1 Å². The van der Waals surface area contributed by atoms with E-state index in [1.807, 2.05) is 24.3 Å². The van der Waals surface area contributed by atoms with E-state index in [-0.39, 0.29) is 18.4 Å². The van der Waals surface area contributed by atoms with Crippen LogP contribution in [0.5, 0.6) is 5.75 Å². The third-order valence-electron chi connectivity index (χ3n) is 3.82. The smallest absolute Gasteiger partial charge is 0.305 e. The summed E-state index contributed by atoms with van der Waals surface area (Å²) in [5.74, 6) is 1.97. The Balaban J connectivity index is 1.93. The molecule has 24 heavy (non-hydrogen) atoms. The quantitative estimate of drug-likeness (QED) is 0.818. The SMILES string of the molecule is CC(C)COc1ccc(CC(=O)N2CCSCC2CC(=O)O)cc1. The highest BCUT2D eigenvalue weighted by Gasteiger charge is 2.28. The van der Waals surface area contributed by atoms with Crippen molar-refractivity contribution in [3.8, 4) is 5.75 Å². The molecule has 2 rings (SSSR count). The van der Waals surface area contributed by atoms with Crippen molar-refractivity contribution in [1.29, 1.82) is 0 Å². The van der Waals surface area contributed by atoms with Gasteiger partial charge in [-0.15, -0.1) is 0 Å². The second-order valence-electron chi connectivity index (χ2n) is 6.44. The van der Waals surface area contributed by atoms with Crippen LogP contribution in [0.2, 0.25) is 0 Å². The first-order valence-electron chi connectivity index (χ1n) is 8.26. The van der Waals surface area contributed by atoms with Gasteiger partial charge in [0.1, 0.15) is 5.75 Å². The fourth-order valence-corrected chi connectivity index (χ4v) is 3.66. The summed E-state index contributed by atoms with van der Waals surface area (Å²) in [5.41, 5.74) is 0.921. The molecule has 1 heterocycles. The average molecular weight is 351 g/mol. The lowest BCUT2D eigenvalue weighted by molar-refractivity contribution is -0.140. The van der Waals surface area contributed by atoms with E-state index in [0.717, 1.165) is 17.1 Å². The summed E-state index contributed by atoms with van der Waals surface area (Å²) in [7, 11) is 0. The van der Waals surface area contributed by atoms with Crippen LogP contribution in [0.3, 0.4) is 0 Å². The maximum atomic E-state index is 12.6. The molecule has 1 unspecified atom stereocenters. The highest BCUT2D eigenvalue weighted by molar-refractivity contribution is 7.99. The van der Waals surface area contributed by atoms with Gasteiger partial charge in [-0.25, -0.2) is 0 Å². The van der Waals surface area contributed by atoms with Crippen molar-refractivity contribution in [2.45, 2.75) is 32.7 Å². The second-order valence-corrected chi connectivity index (χ2v) is 7.59. The molecule has 0 saturated carbocycles. The number of ether oxygens (including phenoxy) is 1. The molecule has 1 aliphatic rings. The molecule has 0 bridgehead atoms. The Bertz CT molecular complexity index is 559. The lowest BCUT2D eigenvalue weighted by Crippen LogP contribution is -2.47. The third-order valence-corrected chi connectivity index (χ3v) is 4.91. The van der Waals surface area contributed by atoms with Crippen molar-refractivity contribution in [3.63, 3.8) is 0 Å². The van der Waals surface area contributed by atoms with E-state index in [1.165, 1.54) is 0 Å². The summed E-state index contributed by atoms with van der Waals surface area (Å²) < 4.78 is 5.64. The maximum absolute atomic E-state index is 12.6. The predicted molar refractivity (Wildman–Crippen MR) is 95.6 cm³/mol. The number of carbonyl (C=O) groups is 2. The van der Waals surface area contributed by atoms with E-state index in [2.05, 4.69) is 13.8 Å². The van der Waals surface area contributed by atoms with Gasteiger partial charge in [-0.05, 0) is 23.6 Å². The van der Waals surface area contributed by atoms with Crippen molar-refractivity contribution in [1.82, 2.24) is 4.90 Å². The molecule has 1 aromatic rings. The zero-order valence-corrected chi connectivity index (χ0v) is 15.1. The highest BCUT2D eigenvalue weighted by atomic mass is 32.2. The molecule has 132 valence electrons. The number of hydrogen-bond acceptors (Lipinski definition) is 4. The Labute approximate surface area is 147 Å².